The highest BCUT2D eigenvalue weighted by atomic mass is 32.1. The Kier molecular flexibility index (Phi) is 23.4. The lowest BCUT2D eigenvalue weighted by Crippen LogP contribution is -2.52. The van der Waals surface area contributed by atoms with Crippen LogP contribution in [0.25, 0.3) is 0 Å². The number of quaternary nitrogens is 1. The number of hydrogen-bond acceptors (Lipinski definition) is 2. The van der Waals surface area contributed by atoms with Crippen molar-refractivity contribution in [2.24, 2.45) is 0 Å². The van der Waals surface area contributed by atoms with Crippen LogP contribution < -0.4 is 5.32 Å². The van der Waals surface area contributed by atoms with Gasteiger partial charge >= 0.3 is 0 Å². The summed E-state index contributed by atoms with van der Waals surface area (Å²) in [6, 6.07) is 0.744. The van der Waals surface area contributed by atoms with E-state index in [-0.39, 0.29) is 0 Å². The number of rotatable bonds is 26. The van der Waals surface area contributed by atoms with Crippen LogP contribution in [0.3, 0.4) is 0 Å². The summed E-state index contributed by atoms with van der Waals surface area (Å²) < 4.78 is 1.48. The zero-order valence-corrected chi connectivity index (χ0v) is 25.4. The smallest absolute Gasteiger partial charge is 0.0786 e. The summed E-state index contributed by atoms with van der Waals surface area (Å²) in [4.78, 5) is 0. The van der Waals surface area contributed by atoms with E-state index in [1.165, 1.54) is 185 Å². The molecular formula is C32H67N2S+. The Bertz CT molecular complexity index is 418. The normalized spacial score (nSPS) is 16.5. The second kappa shape index (κ2) is 24.6. The number of likely N-dealkylation sites (tertiary alicyclic amines) is 1. The van der Waals surface area contributed by atoms with Gasteiger partial charge in [0.1, 0.15) is 0 Å². The van der Waals surface area contributed by atoms with E-state index >= 15 is 0 Å². The van der Waals surface area contributed by atoms with Crippen LogP contribution in [0.15, 0.2) is 0 Å². The molecule has 1 unspecified atom stereocenters. The molecule has 0 aromatic rings. The fourth-order valence-corrected chi connectivity index (χ4v) is 6.57. The van der Waals surface area contributed by atoms with Crippen LogP contribution >= 0.6 is 12.6 Å². The first kappa shape index (κ1) is 33.3. The molecule has 1 atom stereocenters. The SMILES string of the molecule is CCC(CCCCCCCCCCC[N+]1(CCCCCCCCCCCCS)CCCCC1)NC. The van der Waals surface area contributed by atoms with Crippen molar-refractivity contribution >= 4 is 12.6 Å². The third-order valence-electron chi connectivity index (χ3n) is 8.89. The zero-order chi connectivity index (χ0) is 25.3. The Hall–Kier alpha value is 0.270. The van der Waals surface area contributed by atoms with Crippen molar-refractivity contribution in [3.63, 3.8) is 0 Å². The molecule has 1 aliphatic heterocycles. The molecule has 1 heterocycles. The van der Waals surface area contributed by atoms with Crippen molar-refractivity contribution in [2.75, 3.05) is 39.0 Å². The molecule has 0 amide bonds. The molecule has 0 radical (unpaired) electrons. The molecule has 3 heteroatoms. The molecule has 0 spiro atoms. The van der Waals surface area contributed by atoms with Gasteiger partial charge in [-0.1, -0.05) is 96.8 Å². The summed E-state index contributed by atoms with van der Waals surface area (Å²) in [5.41, 5.74) is 0. The molecule has 0 aliphatic carbocycles. The summed E-state index contributed by atoms with van der Waals surface area (Å²) in [5.74, 6) is 1.07. The largest absolute Gasteiger partial charge is 0.324 e. The number of piperidine rings is 1. The third-order valence-corrected chi connectivity index (χ3v) is 9.21. The Labute approximate surface area is 228 Å². The van der Waals surface area contributed by atoms with Crippen LogP contribution in [0.5, 0.6) is 0 Å². The molecule has 0 aromatic carbocycles. The van der Waals surface area contributed by atoms with Crippen LogP contribution in [0.1, 0.15) is 161 Å². The zero-order valence-electron chi connectivity index (χ0n) is 24.5. The lowest BCUT2D eigenvalue weighted by Gasteiger charge is -2.42. The topological polar surface area (TPSA) is 12.0 Å². The molecule has 1 fully saturated rings. The van der Waals surface area contributed by atoms with E-state index < -0.39 is 0 Å². The van der Waals surface area contributed by atoms with Crippen molar-refractivity contribution in [1.82, 2.24) is 5.32 Å². The lowest BCUT2D eigenvalue weighted by molar-refractivity contribution is -0.932. The molecule has 0 saturated carbocycles. The predicted octanol–water partition coefficient (Wildman–Crippen LogP) is 9.72. The van der Waals surface area contributed by atoms with Gasteiger partial charge < -0.3 is 9.80 Å². The molecular weight excluding hydrogens is 444 g/mol. The average Bonchev–Trinajstić information content (AvgIpc) is 2.88. The second-order valence-corrected chi connectivity index (χ2v) is 12.4. The summed E-state index contributed by atoms with van der Waals surface area (Å²) in [7, 11) is 2.11. The second-order valence-electron chi connectivity index (χ2n) is 11.9. The molecule has 2 nitrogen and oxygen atoms in total. The van der Waals surface area contributed by atoms with Gasteiger partial charge in [0.15, 0.2) is 0 Å². The van der Waals surface area contributed by atoms with Gasteiger partial charge in [-0.25, -0.2) is 0 Å². The first-order valence-corrected chi connectivity index (χ1v) is 17.0. The van der Waals surface area contributed by atoms with Gasteiger partial charge in [0.2, 0.25) is 0 Å². The first-order valence-electron chi connectivity index (χ1n) is 16.4. The maximum absolute atomic E-state index is 4.31. The highest BCUT2D eigenvalue weighted by Crippen LogP contribution is 2.23. The van der Waals surface area contributed by atoms with E-state index in [4.69, 9.17) is 0 Å². The molecule has 0 aromatic heterocycles. The summed E-state index contributed by atoms with van der Waals surface area (Å²) in [6.45, 7) is 8.23. The van der Waals surface area contributed by atoms with E-state index in [1.54, 1.807) is 0 Å². The number of nitrogens with one attached hydrogen (secondary N) is 1. The van der Waals surface area contributed by atoms with Crippen molar-refractivity contribution in [1.29, 1.82) is 0 Å². The molecule has 1 aliphatic rings. The van der Waals surface area contributed by atoms with Crippen LogP contribution in [0.2, 0.25) is 0 Å². The van der Waals surface area contributed by atoms with Gasteiger partial charge in [0, 0.05) is 6.04 Å². The number of thiol groups is 1. The average molecular weight is 512 g/mol. The number of nitrogens with zero attached hydrogens (tertiary/aromatic N) is 1. The minimum Gasteiger partial charge on any atom is -0.324 e. The Balaban J connectivity index is 1.99. The Morgan fingerprint density at radius 3 is 1.37 bits per heavy atom. The van der Waals surface area contributed by atoms with E-state index in [0.29, 0.717) is 0 Å². The van der Waals surface area contributed by atoms with Crippen LogP contribution in [0, 0.1) is 0 Å². The van der Waals surface area contributed by atoms with Gasteiger partial charge in [0.25, 0.3) is 0 Å². The van der Waals surface area contributed by atoms with Gasteiger partial charge in [-0.05, 0) is 77.0 Å². The first-order chi connectivity index (χ1) is 17.3. The summed E-state index contributed by atoms with van der Waals surface area (Å²) >= 11 is 4.31. The number of hydrogen-bond donors (Lipinski definition) is 2. The van der Waals surface area contributed by atoms with Crippen molar-refractivity contribution in [2.45, 2.75) is 167 Å². The van der Waals surface area contributed by atoms with Gasteiger partial charge in [-0.15, -0.1) is 0 Å². The minimum atomic E-state index is 0.744. The van der Waals surface area contributed by atoms with Crippen LogP contribution in [-0.4, -0.2) is 49.5 Å². The lowest BCUT2D eigenvalue weighted by atomic mass is 10.0. The molecule has 0 bridgehead atoms. The van der Waals surface area contributed by atoms with E-state index in [0.717, 1.165) is 11.8 Å². The van der Waals surface area contributed by atoms with Crippen molar-refractivity contribution in [3.8, 4) is 0 Å². The predicted molar refractivity (Wildman–Crippen MR) is 163 cm³/mol. The summed E-state index contributed by atoms with van der Waals surface area (Å²) in [5, 5.41) is 3.44. The van der Waals surface area contributed by atoms with Crippen molar-refractivity contribution < 1.29 is 4.48 Å². The Morgan fingerprint density at radius 2 is 0.971 bits per heavy atom. The maximum atomic E-state index is 4.31. The fourth-order valence-electron chi connectivity index (χ4n) is 6.34. The fraction of sp³-hybridized carbons (Fsp3) is 1.00. The van der Waals surface area contributed by atoms with Gasteiger partial charge in [0.05, 0.1) is 26.2 Å². The molecule has 210 valence electrons. The van der Waals surface area contributed by atoms with E-state index in [1.807, 2.05) is 0 Å². The number of unbranched alkanes of at least 4 members (excludes halogenated alkanes) is 17. The van der Waals surface area contributed by atoms with Crippen LogP contribution in [0.4, 0.5) is 0 Å². The van der Waals surface area contributed by atoms with Gasteiger partial charge in [-0.2, -0.15) is 12.6 Å². The summed E-state index contributed by atoms with van der Waals surface area (Å²) in [6.07, 6.45) is 34.7. The van der Waals surface area contributed by atoms with E-state index in [9.17, 15) is 0 Å². The molecule has 35 heavy (non-hydrogen) atoms. The third kappa shape index (κ3) is 19.1. The minimum absolute atomic E-state index is 0.744. The monoisotopic (exact) mass is 512 g/mol. The van der Waals surface area contributed by atoms with Crippen LogP contribution in [-0.2, 0) is 0 Å². The molecule has 1 rings (SSSR count). The molecule has 1 N–H and O–H groups in total. The standard InChI is InChI=1S/C32H66N2S/c1-3-32(33-2)26-20-15-11-7-6-9-13-17-22-28-34(29-23-19-24-30-34)27-21-16-12-8-4-5-10-14-18-25-31-35/h32-33H,3-31H2,1-2H3/p+1. The van der Waals surface area contributed by atoms with E-state index in [2.05, 4.69) is 31.9 Å². The molecule has 1 saturated heterocycles. The van der Waals surface area contributed by atoms with Gasteiger partial charge in [-0.3, -0.25) is 0 Å². The highest BCUT2D eigenvalue weighted by molar-refractivity contribution is 7.80. The highest BCUT2D eigenvalue weighted by Gasteiger charge is 2.28. The van der Waals surface area contributed by atoms with Crippen molar-refractivity contribution in [3.05, 3.63) is 0 Å². The quantitative estimate of drug-likeness (QED) is 0.0669. The Morgan fingerprint density at radius 1 is 0.571 bits per heavy atom. The maximum Gasteiger partial charge on any atom is 0.0786 e.